The van der Waals surface area contributed by atoms with E-state index in [1.165, 1.54) is 12.8 Å². The van der Waals surface area contributed by atoms with E-state index in [2.05, 4.69) is 0 Å². The molecule has 0 unspecified atom stereocenters. The Balaban J connectivity index is 1.31. The summed E-state index contributed by atoms with van der Waals surface area (Å²) >= 11 is 0. The second-order valence-electron chi connectivity index (χ2n) is 7.93. The van der Waals surface area contributed by atoms with Crippen molar-refractivity contribution in [3.63, 3.8) is 0 Å². The van der Waals surface area contributed by atoms with Gasteiger partial charge in [-0.1, -0.05) is 12.8 Å². The maximum absolute atomic E-state index is 12.3. The Bertz CT molecular complexity index is 508. The van der Waals surface area contributed by atoms with Crippen molar-refractivity contribution in [2.75, 3.05) is 6.61 Å². The minimum absolute atomic E-state index is 0.246. The van der Waals surface area contributed by atoms with E-state index in [0.717, 1.165) is 51.4 Å². The van der Waals surface area contributed by atoms with Crippen molar-refractivity contribution in [3.05, 3.63) is 0 Å². The second kappa shape index (κ2) is 5.66. The maximum atomic E-state index is 12.3. The summed E-state index contributed by atoms with van der Waals surface area (Å²) in [6.07, 6.45) is 8.87. The van der Waals surface area contributed by atoms with Gasteiger partial charge in [-0.05, 0) is 25.7 Å². The topological polar surface area (TPSA) is 63.2 Å². The lowest BCUT2D eigenvalue weighted by Gasteiger charge is -2.34. The van der Waals surface area contributed by atoms with Gasteiger partial charge in [0.25, 0.3) is 0 Å². The minimum Gasteiger partial charge on any atom is -0.455 e. The molecule has 2 saturated carbocycles. The Morgan fingerprint density at radius 2 is 1.42 bits per heavy atom. The highest BCUT2D eigenvalue weighted by molar-refractivity contribution is 5.78. The number of carbonyl (C=O) groups is 1. The van der Waals surface area contributed by atoms with Gasteiger partial charge in [0, 0.05) is 25.7 Å². The van der Waals surface area contributed by atoms with Crippen LogP contribution in [0, 0.1) is 0 Å². The molecule has 0 amide bonds. The molecule has 134 valence electrons. The molecular formula is C18H26O6. The Hall–Kier alpha value is -0.690. The Morgan fingerprint density at radius 3 is 2.12 bits per heavy atom. The molecule has 0 aromatic rings. The molecular weight excluding hydrogens is 312 g/mol. The molecule has 5 rings (SSSR count). The van der Waals surface area contributed by atoms with E-state index >= 15 is 0 Å². The Morgan fingerprint density at radius 1 is 0.750 bits per heavy atom. The standard InChI is InChI=1S/C18H26O6/c19-16-15-14(23-18(24-15)9-5-2-6-10-18)13(21-16)12-11-20-17(22-12)7-3-1-4-8-17/h12-15H,1-11H2/t12-,13+,14+,15-/m0/s1. The van der Waals surface area contributed by atoms with Crippen molar-refractivity contribution in [1.29, 1.82) is 0 Å². The zero-order valence-electron chi connectivity index (χ0n) is 14.0. The van der Waals surface area contributed by atoms with Gasteiger partial charge >= 0.3 is 5.97 Å². The van der Waals surface area contributed by atoms with Crippen molar-refractivity contribution in [2.24, 2.45) is 0 Å². The molecule has 4 atom stereocenters. The number of esters is 1. The molecule has 0 radical (unpaired) electrons. The van der Waals surface area contributed by atoms with Crippen molar-refractivity contribution in [1.82, 2.24) is 0 Å². The summed E-state index contributed by atoms with van der Waals surface area (Å²) in [6.45, 7) is 0.470. The van der Waals surface area contributed by atoms with Crippen molar-refractivity contribution in [3.8, 4) is 0 Å². The molecule has 3 heterocycles. The number of fused-ring (bicyclic) bond motifs is 1. The first-order valence-electron chi connectivity index (χ1n) is 9.57. The van der Waals surface area contributed by atoms with E-state index in [1.54, 1.807) is 0 Å². The number of hydrogen-bond donors (Lipinski definition) is 0. The third kappa shape index (κ3) is 2.42. The van der Waals surface area contributed by atoms with E-state index in [4.69, 9.17) is 23.7 Å². The summed E-state index contributed by atoms with van der Waals surface area (Å²) in [5.41, 5.74) is 0. The van der Waals surface area contributed by atoms with Crippen LogP contribution in [-0.2, 0) is 28.5 Å². The van der Waals surface area contributed by atoms with Crippen LogP contribution in [0.2, 0.25) is 0 Å². The average molecular weight is 338 g/mol. The summed E-state index contributed by atoms with van der Waals surface area (Å²) in [6, 6.07) is 0. The monoisotopic (exact) mass is 338 g/mol. The van der Waals surface area contributed by atoms with E-state index in [-0.39, 0.29) is 18.2 Å². The fourth-order valence-electron chi connectivity index (χ4n) is 5.03. The summed E-state index contributed by atoms with van der Waals surface area (Å²) in [5, 5.41) is 0. The third-order valence-corrected chi connectivity index (χ3v) is 6.27. The van der Waals surface area contributed by atoms with Gasteiger partial charge in [-0.2, -0.15) is 0 Å². The quantitative estimate of drug-likeness (QED) is 0.684. The van der Waals surface area contributed by atoms with Crippen LogP contribution in [0.5, 0.6) is 0 Å². The fraction of sp³-hybridized carbons (Fsp3) is 0.944. The van der Waals surface area contributed by atoms with E-state index in [1.807, 2.05) is 0 Å². The predicted molar refractivity (Wildman–Crippen MR) is 82.1 cm³/mol. The number of cyclic esters (lactones) is 1. The normalized spacial score (nSPS) is 43.2. The largest absolute Gasteiger partial charge is 0.455 e. The van der Waals surface area contributed by atoms with Crippen molar-refractivity contribution < 1.29 is 28.5 Å². The summed E-state index contributed by atoms with van der Waals surface area (Å²) in [4.78, 5) is 12.3. The molecule has 24 heavy (non-hydrogen) atoms. The minimum atomic E-state index is -0.598. The predicted octanol–water partition coefficient (Wildman–Crippen LogP) is 2.43. The van der Waals surface area contributed by atoms with Gasteiger partial charge in [-0.15, -0.1) is 0 Å². The maximum Gasteiger partial charge on any atom is 0.338 e. The first kappa shape index (κ1) is 15.6. The highest BCUT2D eigenvalue weighted by Gasteiger charge is 2.62. The van der Waals surface area contributed by atoms with E-state index in [9.17, 15) is 4.79 Å². The highest BCUT2D eigenvalue weighted by Crippen LogP contribution is 2.47. The lowest BCUT2D eigenvalue weighted by atomic mass is 9.94. The molecule has 0 N–H and O–H groups in total. The van der Waals surface area contributed by atoms with Crippen LogP contribution in [0.4, 0.5) is 0 Å². The first-order chi connectivity index (χ1) is 11.7. The second-order valence-corrected chi connectivity index (χ2v) is 7.93. The van der Waals surface area contributed by atoms with Gasteiger partial charge in [0.15, 0.2) is 23.8 Å². The lowest BCUT2D eigenvalue weighted by molar-refractivity contribution is -0.230. The van der Waals surface area contributed by atoms with Crippen LogP contribution >= 0.6 is 0 Å². The molecule has 3 saturated heterocycles. The van der Waals surface area contributed by atoms with Gasteiger partial charge < -0.3 is 23.7 Å². The highest BCUT2D eigenvalue weighted by atomic mass is 16.8. The van der Waals surface area contributed by atoms with Crippen molar-refractivity contribution >= 4 is 5.97 Å². The zero-order chi connectivity index (χ0) is 16.2. The van der Waals surface area contributed by atoms with Crippen LogP contribution < -0.4 is 0 Å². The molecule has 6 heteroatoms. The average Bonchev–Trinajstić information content (AvgIpc) is 3.24. The number of rotatable bonds is 1. The Kier molecular flexibility index (Phi) is 3.67. The van der Waals surface area contributed by atoms with Crippen molar-refractivity contribution in [2.45, 2.75) is 100 Å². The molecule has 6 nitrogen and oxygen atoms in total. The van der Waals surface area contributed by atoms with Crippen LogP contribution in [0.3, 0.4) is 0 Å². The smallest absolute Gasteiger partial charge is 0.338 e. The Labute approximate surface area is 142 Å². The number of hydrogen-bond acceptors (Lipinski definition) is 6. The molecule has 0 aromatic heterocycles. The zero-order valence-corrected chi connectivity index (χ0v) is 14.0. The van der Waals surface area contributed by atoms with Crippen LogP contribution in [0.25, 0.3) is 0 Å². The van der Waals surface area contributed by atoms with Gasteiger partial charge in [-0.25, -0.2) is 4.79 Å². The SMILES string of the molecule is O=C1O[C@H]([C@@H]2COC3(CCCCC3)O2)[C@H]2OC3(CCCCC3)O[C@H]12. The van der Waals surface area contributed by atoms with Gasteiger partial charge in [0.05, 0.1) is 6.61 Å². The van der Waals surface area contributed by atoms with Crippen LogP contribution in [0.1, 0.15) is 64.2 Å². The fourth-order valence-corrected chi connectivity index (χ4v) is 5.03. The molecule has 0 bridgehead atoms. The summed E-state index contributed by atoms with van der Waals surface area (Å²) in [7, 11) is 0. The molecule has 2 spiro atoms. The first-order valence-corrected chi connectivity index (χ1v) is 9.57. The molecule has 3 aliphatic heterocycles. The van der Waals surface area contributed by atoms with Crippen LogP contribution in [0.15, 0.2) is 0 Å². The summed E-state index contributed by atoms with van der Waals surface area (Å²) < 4.78 is 30.2. The molecule has 0 aromatic carbocycles. The lowest BCUT2D eigenvalue weighted by Crippen LogP contribution is -2.43. The van der Waals surface area contributed by atoms with Gasteiger partial charge in [-0.3, -0.25) is 0 Å². The summed E-state index contributed by atoms with van der Waals surface area (Å²) in [5.74, 6) is -1.34. The van der Waals surface area contributed by atoms with Crippen LogP contribution in [-0.4, -0.2) is 48.6 Å². The molecule has 5 fully saturated rings. The molecule has 2 aliphatic carbocycles. The van der Waals surface area contributed by atoms with Gasteiger partial charge in [0.2, 0.25) is 0 Å². The van der Waals surface area contributed by atoms with E-state index < -0.39 is 23.8 Å². The number of carbonyl (C=O) groups excluding carboxylic acids is 1. The molecule has 5 aliphatic rings. The van der Waals surface area contributed by atoms with Gasteiger partial charge in [0.1, 0.15) is 12.2 Å². The number of ether oxygens (including phenoxy) is 5. The third-order valence-electron chi connectivity index (χ3n) is 6.27. The van der Waals surface area contributed by atoms with E-state index in [0.29, 0.717) is 6.61 Å².